The Bertz CT molecular complexity index is 177. The van der Waals surface area contributed by atoms with E-state index in [1.807, 2.05) is 0 Å². The predicted molar refractivity (Wildman–Crippen MR) is 55.2 cm³/mol. The van der Waals surface area contributed by atoms with Gasteiger partial charge >= 0.3 is 5.97 Å². The van der Waals surface area contributed by atoms with Gasteiger partial charge in [0.2, 0.25) is 0 Å². The number of ether oxygens (including phenoxy) is 3. The maximum Gasteiger partial charge on any atom is 0.322 e. The van der Waals surface area contributed by atoms with Crippen molar-refractivity contribution in [3.05, 3.63) is 0 Å². The summed E-state index contributed by atoms with van der Waals surface area (Å²) >= 11 is 0. The van der Waals surface area contributed by atoms with E-state index < -0.39 is 12.0 Å². The van der Waals surface area contributed by atoms with Crippen molar-refractivity contribution in [1.82, 2.24) is 0 Å². The molecule has 0 aliphatic heterocycles. The third-order valence-corrected chi connectivity index (χ3v) is 1.59. The molecular formula is C9H19NO6. The Morgan fingerprint density at radius 1 is 1.06 bits per heavy atom. The van der Waals surface area contributed by atoms with Gasteiger partial charge in [-0.2, -0.15) is 0 Å². The standard InChI is InChI=1S/C9H19NO6/c10-8(9(12)13)7-16-6-5-15-4-3-14-2-1-11/h8,11H,1-7,10H2,(H,12,13)/t8-/m0/s1. The fourth-order valence-corrected chi connectivity index (χ4v) is 0.786. The highest BCUT2D eigenvalue weighted by molar-refractivity contribution is 5.73. The van der Waals surface area contributed by atoms with Crippen LogP contribution >= 0.6 is 0 Å². The van der Waals surface area contributed by atoms with E-state index in [0.717, 1.165) is 0 Å². The molecule has 0 bridgehead atoms. The van der Waals surface area contributed by atoms with Gasteiger partial charge in [-0.25, -0.2) is 0 Å². The van der Waals surface area contributed by atoms with E-state index in [2.05, 4.69) is 0 Å². The lowest BCUT2D eigenvalue weighted by molar-refractivity contribution is -0.140. The monoisotopic (exact) mass is 237 g/mol. The van der Waals surface area contributed by atoms with Gasteiger partial charge in [0.1, 0.15) is 6.04 Å². The molecule has 7 nitrogen and oxygen atoms in total. The molecule has 0 fully saturated rings. The minimum atomic E-state index is -1.08. The molecule has 0 unspecified atom stereocenters. The van der Waals surface area contributed by atoms with Crippen molar-refractivity contribution in [1.29, 1.82) is 0 Å². The first-order valence-corrected chi connectivity index (χ1v) is 5.01. The van der Waals surface area contributed by atoms with Crippen molar-refractivity contribution in [3.8, 4) is 0 Å². The Morgan fingerprint density at radius 2 is 1.56 bits per heavy atom. The number of hydrogen-bond donors (Lipinski definition) is 3. The van der Waals surface area contributed by atoms with Gasteiger partial charge in [0.25, 0.3) is 0 Å². The molecule has 0 aliphatic rings. The maximum atomic E-state index is 10.3. The zero-order valence-corrected chi connectivity index (χ0v) is 9.13. The first-order valence-electron chi connectivity index (χ1n) is 5.01. The topological polar surface area (TPSA) is 111 Å². The number of nitrogens with two attached hydrogens (primary N) is 1. The average molecular weight is 237 g/mol. The molecule has 0 saturated carbocycles. The number of hydrogen-bond acceptors (Lipinski definition) is 6. The highest BCUT2D eigenvalue weighted by Gasteiger charge is 2.10. The normalized spacial score (nSPS) is 12.6. The van der Waals surface area contributed by atoms with Crippen LogP contribution in [0.15, 0.2) is 0 Å². The Hall–Kier alpha value is -0.730. The molecule has 1 atom stereocenters. The summed E-state index contributed by atoms with van der Waals surface area (Å²) in [6.45, 7) is 1.74. The molecule has 0 aromatic heterocycles. The van der Waals surface area contributed by atoms with Gasteiger partial charge in [0, 0.05) is 0 Å². The van der Waals surface area contributed by atoms with Gasteiger partial charge in [-0.15, -0.1) is 0 Å². The van der Waals surface area contributed by atoms with Crippen molar-refractivity contribution < 1.29 is 29.2 Å². The third kappa shape index (κ3) is 9.81. The second-order valence-corrected chi connectivity index (χ2v) is 2.97. The first-order chi connectivity index (χ1) is 7.68. The molecule has 16 heavy (non-hydrogen) atoms. The summed E-state index contributed by atoms with van der Waals surface area (Å²) in [5, 5.41) is 16.8. The lowest BCUT2D eigenvalue weighted by atomic mass is 10.3. The Labute approximate surface area is 94.1 Å². The molecule has 0 aromatic carbocycles. The van der Waals surface area contributed by atoms with Crippen molar-refractivity contribution in [3.63, 3.8) is 0 Å². The van der Waals surface area contributed by atoms with Crippen molar-refractivity contribution in [2.24, 2.45) is 5.73 Å². The van der Waals surface area contributed by atoms with E-state index in [1.54, 1.807) is 0 Å². The average Bonchev–Trinajstić information content (AvgIpc) is 2.26. The highest BCUT2D eigenvalue weighted by atomic mass is 16.5. The van der Waals surface area contributed by atoms with Crippen molar-refractivity contribution in [2.75, 3.05) is 46.2 Å². The zero-order chi connectivity index (χ0) is 12.2. The zero-order valence-electron chi connectivity index (χ0n) is 9.13. The van der Waals surface area contributed by atoms with E-state index in [9.17, 15) is 4.79 Å². The molecule has 0 saturated heterocycles. The number of aliphatic carboxylic acids is 1. The minimum Gasteiger partial charge on any atom is -0.480 e. The van der Waals surface area contributed by atoms with Gasteiger partial charge in [-0.05, 0) is 0 Å². The van der Waals surface area contributed by atoms with E-state index in [-0.39, 0.29) is 13.2 Å². The Balaban J connectivity index is 3.07. The van der Waals surface area contributed by atoms with Crippen LogP contribution in [0.5, 0.6) is 0 Å². The van der Waals surface area contributed by atoms with Crippen LogP contribution in [-0.4, -0.2) is 68.5 Å². The summed E-state index contributed by atoms with van der Waals surface area (Å²) in [4.78, 5) is 10.3. The molecule has 96 valence electrons. The molecule has 0 amide bonds. The van der Waals surface area contributed by atoms with Crippen LogP contribution < -0.4 is 5.73 Å². The molecule has 0 rings (SSSR count). The number of carboxylic acid groups (broad SMARTS) is 1. The smallest absolute Gasteiger partial charge is 0.322 e. The summed E-state index contributed by atoms with van der Waals surface area (Å²) in [5.74, 6) is -1.08. The second-order valence-electron chi connectivity index (χ2n) is 2.97. The van der Waals surface area contributed by atoms with Crippen LogP contribution in [0.3, 0.4) is 0 Å². The molecule has 0 aliphatic carbocycles. The second kappa shape index (κ2) is 10.8. The van der Waals surface area contributed by atoms with Crippen LogP contribution in [0.25, 0.3) is 0 Å². The molecular weight excluding hydrogens is 218 g/mol. The number of rotatable bonds is 11. The fourth-order valence-electron chi connectivity index (χ4n) is 0.786. The Kier molecular flexibility index (Phi) is 10.3. The molecule has 0 radical (unpaired) electrons. The van der Waals surface area contributed by atoms with Crippen LogP contribution in [-0.2, 0) is 19.0 Å². The van der Waals surface area contributed by atoms with Crippen LogP contribution in [0, 0.1) is 0 Å². The van der Waals surface area contributed by atoms with Crippen molar-refractivity contribution in [2.45, 2.75) is 6.04 Å². The summed E-state index contributed by atoms with van der Waals surface area (Å²) in [5.41, 5.74) is 5.20. The lowest BCUT2D eigenvalue weighted by Crippen LogP contribution is -2.35. The molecule has 0 heterocycles. The number of carboxylic acids is 1. The summed E-state index contributed by atoms with van der Waals surface area (Å²) in [7, 11) is 0. The quantitative estimate of drug-likeness (QED) is 0.373. The fraction of sp³-hybridized carbons (Fsp3) is 0.889. The van der Waals surface area contributed by atoms with E-state index in [0.29, 0.717) is 33.0 Å². The summed E-state index contributed by atoms with van der Waals surface area (Å²) in [6, 6.07) is -0.993. The van der Waals surface area contributed by atoms with Crippen LogP contribution in [0.4, 0.5) is 0 Å². The minimum absolute atomic E-state index is 0.00378. The van der Waals surface area contributed by atoms with Gasteiger partial charge in [-0.1, -0.05) is 0 Å². The molecule has 4 N–H and O–H groups in total. The number of aliphatic hydroxyl groups excluding tert-OH is 1. The summed E-state index contributed by atoms with van der Waals surface area (Å²) < 4.78 is 15.0. The largest absolute Gasteiger partial charge is 0.480 e. The lowest BCUT2D eigenvalue weighted by Gasteiger charge is -2.08. The number of carbonyl (C=O) groups is 1. The summed E-state index contributed by atoms with van der Waals surface area (Å²) in [6.07, 6.45) is 0. The van der Waals surface area contributed by atoms with Gasteiger partial charge in [0.15, 0.2) is 0 Å². The SMILES string of the molecule is N[C@@H](COCCOCCOCCO)C(=O)O. The van der Waals surface area contributed by atoms with Gasteiger partial charge < -0.3 is 30.2 Å². The molecule has 0 aromatic rings. The predicted octanol–water partition coefficient (Wildman–Crippen LogP) is -1.56. The van der Waals surface area contributed by atoms with E-state index >= 15 is 0 Å². The molecule has 0 spiro atoms. The third-order valence-electron chi connectivity index (χ3n) is 1.59. The van der Waals surface area contributed by atoms with Gasteiger partial charge in [0.05, 0.1) is 46.2 Å². The van der Waals surface area contributed by atoms with Crippen molar-refractivity contribution >= 4 is 5.97 Å². The number of aliphatic hydroxyl groups is 1. The first kappa shape index (κ1) is 15.3. The van der Waals surface area contributed by atoms with Crippen LogP contribution in [0.1, 0.15) is 0 Å². The van der Waals surface area contributed by atoms with E-state index in [4.69, 9.17) is 30.2 Å². The highest BCUT2D eigenvalue weighted by Crippen LogP contribution is 1.84. The van der Waals surface area contributed by atoms with E-state index in [1.165, 1.54) is 0 Å². The van der Waals surface area contributed by atoms with Crippen LogP contribution in [0.2, 0.25) is 0 Å². The Morgan fingerprint density at radius 3 is 2.06 bits per heavy atom. The van der Waals surface area contributed by atoms with Gasteiger partial charge in [-0.3, -0.25) is 4.79 Å². The maximum absolute atomic E-state index is 10.3. The molecule has 7 heteroatoms.